The van der Waals surface area contributed by atoms with Gasteiger partial charge in [-0.05, 0) is 25.2 Å². The van der Waals surface area contributed by atoms with Gasteiger partial charge in [0.15, 0.2) is 0 Å². The molecule has 2 heterocycles. The van der Waals surface area contributed by atoms with Crippen molar-refractivity contribution in [2.45, 2.75) is 6.54 Å². The average molecular weight is 239 g/mol. The molecule has 90 valence electrons. The van der Waals surface area contributed by atoms with Crippen molar-refractivity contribution in [1.29, 1.82) is 0 Å². The summed E-state index contributed by atoms with van der Waals surface area (Å²) in [5.41, 5.74) is 3.85. The topological polar surface area (TPSA) is 66.5 Å². The molecule has 0 amide bonds. The smallest absolute Gasteiger partial charge is 0.137 e. The molecule has 2 aromatic heterocycles. The minimum Gasteiger partial charge on any atom is -0.341 e. The molecule has 1 aromatic carbocycles. The summed E-state index contributed by atoms with van der Waals surface area (Å²) in [6.07, 6.45) is 5.23. The second-order valence-corrected chi connectivity index (χ2v) is 4.05. The number of nitrogens with zero attached hydrogens (tertiary/aromatic N) is 3. The number of hydrogen-bond acceptors (Lipinski definition) is 4. The molecule has 0 spiro atoms. The highest BCUT2D eigenvalue weighted by atomic mass is 14.9. The first-order chi connectivity index (χ1) is 8.86. The standard InChI is InChI=1S/C13H13N5/c1-14-7-10-8-17-13(18-10)9-2-3-11-12(6-9)16-5-4-15-11/h2-6,8,14H,7H2,1H3,(H,17,18). The first-order valence-corrected chi connectivity index (χ1v) is 5.76. The van der Waals surface area contributed by atoms with Gasteiger partial charge in [-0.3, -0.25) is 9.97 Å². The maximum Gasteiger partial charge on any atom is 0.137 e. The van der Waals surface area contributed by atoms with Crippen molar-refractivity contribution in [3.05, 3.63) is 42.5 Å². The Morgan fingerprint density at radius 3 is 2.78 bits per heavy atom. The number of aromatic amines is 1. The number of imidazole rings is 1. The third-order valence-corrected chi connectivity index (χ3v) is 2.74. The molecule has 3 aromatic rings. The molecule has 5 heteroatoms. The van der Waals surface area contributed by atoms with Crippen LogP contribution in [-0.2, 0) is 6.54 Å². The summed E-state index contributed by atoms with van der Waals surface area (Å²) in [7, 11) is 1.91. The molecule has 18 heavy (non-hydrogen) atoms. The molecule has 0 radical (unpaired) electrons. The van der Waals surface area contributed by atoms with E-state index < -0.39 is 0 Å². The predicted octanol–water partition coefficient (Wildman–Crippen LogP) is 1.74. The monoisotopic (exact) mass is 239 g/mol. The van der Waals surface area contributed by atoms with Crippen LogP contribution in [0.1, 0.15) is 5.69 Å². The van der Waals surface area contributed by atoms with Crippen molar-refractivity contribution in [2.75, 3.05) is 7.05 Å². The highest BCUT2D eigenvalue weighted by Crippen LogP contribution is 2.19. The number of hydrogen-bond donors (Lipinski definition) is 2. The van der Waals surface area contributed by atoms with E-state index >= 15 is 0 Å². The van der Waals surface area contributed by atoms with Gasteiger partial charge in [0.2, 0.25) is 0 Å². The first-order valence-electron chi connectivity index (χ1n) is 5.76. The predicted molar refractivity (Wildman–Crippen MR) is 69.9 cm³/mol. The van der Waals surface area contributed by atoms with Gasteiger partial charge in [-0.2, -0.15) is 0 Å². The van der Waals surface area contributed by atoms with Crippen LogP contribution >= 0.6 is 0 Å². The van der Waals surface area contributed by atoms with Gasteiger partial charge in [0.05, 0.1) is 11.0 Å². The Hall–Kier alpha value is -2.27. The highest BCUT2D eigenvalue weighted by Gasteiger charge is 2.04. The molecule has 0 aliphatic rings. The van der Waals surface area contributed by atoms with Crippen molar-refractivity contribution in [1.82, 2.24) is 25.3 Å². The molecule has 0 unspecified atom stereocenters. The zero-order valence-corrected chi connectivity index (χ0v) is 10.0. The molecule has 0 fully saturated rings. The molecular weight excluding hydrogens is 226 g/mol. The van der Waals surface area contributed by atoms with Crippen LogP contribution in [0.3, 0.4) is 0 Å². The van der Waals surface area contributed by atoms with E-state index in [0.717, 1.165) is 34.7 Å². The van der Waals surface area contributed by atoms with Crippen molar-refractivity contribution >= 4 is 11.0 Å². The summed E-state index contributed by atoms with van der Waals surface area (Å²) in [4.78, 5) is 16.2. The Morgan fingerprint density at radius 1 is 1.11 bits per heavy atom. The molecular formula is C13H13N5. The Balaban J connectivity index is 2.02. The molecule has 2 N–H and O–H groups in total. The van der Waals surface area contributed by atoms with E-state index in [9.17, 15) is 0 Å². The largest absolute Gasteiger partial charge is 0.341 e. The van der Waals surface area contributed by atoms with Gasteiger partial charge in [0, 0.05) is 36.4 Å². The third-order valence-electron chi connectivity index (χ3n) is 2.74. The van der Waals surface area contributed by atoms with Crippen LogP contribution in [0, 0.1) is 0 Å². The number of rotatable bonds is 3. The van der Waals surface area contributed by atoms with E-state index in [2.05, 4.69) is 25.3 Å². The van der Waals surface area contributed by atoms with Gasteiger partial charge in [-0.1, -0.05) is 0 Å². The lowest BCUT2D eigenvalue weighted by Gasteiger charge is -1.99. The number of nitrogens with one attached hydrogen (secondary N) is 2. The number of aromatic nitrogens is 4. The number of H-pyrrole nitrogens is 1. The van der Waals surface area contributed by atoms with Crippen LogP contribution in [0.25, 0.3) is 22.4 Å². The second kappa shape index (κ2) is 4.54. The lowest BCUT2D eigenvalue weighted by molar-refractivity contribution is 0.797. The number of fused-ring (bicyclic) bond motifs is 1. The second-order valence-electron chi connectivity index (χ2n) is 4.05. The lowest BCUT2D eigenvalue weighted by atomic mass is 10.2. The van der Waals surface area contributed by atoms with Crippen LogP contribution < -0.4 is 5.32 Å². The average Bonchev–Trinajstić information content (AvgIpc) is 2.87. The van der Waals surface area contributed by atoms with Crippen molar-refractivity contribution < 1.29 is 0 Å². The van der Waals surface area contributed by atoms with Gasteiger partial charge < -0.3 is 10.3 Å². The SMILES string of the molecule is CNCc1cnc(-c2ccc3nccnc3c2)[nH]1. The zero-order chi connectivity index (χ0) is 12.4. The lowest BCUT2D eigenvalue weighted by Crippen LogP contribution is -2.04. The fourth-order valence-corrected chi connectivity index (χ4v) is 1.90. The molecule has 0 atom stereocenters. The van der Waals surface area contributed by atoms with E-state index in [4.69, 9.17) is 0 Å². The highest BCUT2D eigenvalue weighted by molar-refractivity contribution is 5.79. The van der Waals surface area contributed by atoms with Gasteiger partial charge >= 0.3 is 0 Å². The van der Waals surface area contributed by atoms with E-state index in [1.54, 1.807) is 12.4 Å². The van der Waals surface area contributed by atoms with Gasteiger partial charge in [-0.15, -0.1) is 0 Å². The van der Waals surface area contributed by atoms with E-state index in [-0.39, 0.29) is 0 Å². The molecule has 0 aliphatic carbocycles. The quantitative estimate of drug-likeness (QED) is 0.730. The Bertz CT molecular complexity index is 674. The molecule has 0 aliphatic heterocycles. The summed E-state index contributed by atoms with van der Waals surface area (Å²) in [5.74, 6) is 0.854. The normalized spacial score (nSPS) is 10.9. The molecule has 0 bridgehead atoms. The van der Waals surface area contributed by atoms with Crippen LogP contribution in [-0.4, -0.2) is 27.0 Å². The minimum atomic E-state index is 0.778. The zero-order valence-electron chi connectivity index (χ0n) is 10.0. The minimum absolute atomic E-state index is 0.778. The summed E-state index contributed by atoms with van der Waals surface area (Å²) in [5, 5.41) is 3.08. The van der Waals surface area contributed by atoms with Gasteiger partial charge in [0.1, 0.15) is 5.82 Å². The first kappa shape index (κ1) is 10.9. The van der Waals surface area contributed by atoms with Crippen LogP contribution in [0.15, 0.2) is 36.8 Å². The number of benzene rings is 1. The molecule has 0 saturated heterocycles. The van der Waals surface area contributed by atoms with Gasteiger partial charge in [0.25, 0.3) is 0 Å². The maximum atomic E-state index is 4.37. The fourth-order valence-electron chi connectivity index (χ4n) is 1.90. The van der Waals surface area contributed by atoms with Crippen LogP contribution in [0.2, 0.25) is 0 Å². The van der Waals surface area contributed by atoms with E-state index in [0.29, 0.717) is 0 Å². The van der Waals surface area contributed by atoms with Crippen LogP contribution in [0.4, 0.5) is 0 Å². The van der Waals surface area contributed by atoms with Crippen molar-refractivity contribution in [3.63, 3.8) is 0 Å². The summed E-state index contributed by atoms with van der Waals surface area (Å²) in [6, 6.07) is 5.95. The van der Waals surface area contributed by atoms with E-state index in [1.807, 2.05) is 31.4 Å². The summed E-state index contributed by atoms with van der Waals surface area (Å²) in [6.45, 7) is 0.778. The molecule has 3 rings (SSSR count). The van der Waals surface area contributed by atoms with E-state index in [1.165, 1.54) is 0 Å². The van der Waals surface area contributed by atoms with Crippen molar-refractivity contribution in [2.24, 2.45) is 0 Å². The summed E-state index contributed by atoms with van der Waals surface area (Å²) >= 11 is 0. The van der Waals surface area contributed by atoms with Crippen LogP contribution in [0.5, 0.6) is 0 Å². The third kappa shape index (κ3) is 1.96. The van der Waals surface area contributed by atoms with Crippen molar-refractivity contribution in [3.8, 4) is 11.4 Å². The molecule has 0 saturated carbocycles. The Morgan fingerprint density at radius 2 is 1.94 bits per heavy atom. The summed E-state index contributed by atoms with van der Waals surface area (Å²) < 4.78 is 0. The Labute approximate surface area is 104 Å². The maximum absolute atomic E-state index is 4.37. The Kier molecular flexibility index (Phi) is 2.74. The fraction of sp³-hybridized carbons (Fsp3) is 0.154. The molecule has 5 nitrogen and oxygen atoms in total. The van der Waals surface area contributed by atoms with Gasteiger partial charge in [-0.25, -0.2) is 4.98 Å².